The van der Waals surface area contributed by atoms with Gasteiger partial charge in [0.2, 0.25) is 0 Å². The van der Waals surface area contributed by atoms with Crippen molar-refractivity contribution in [2.75, 3.05) is 13.1 Å². The molecule has 2 rings (SSSR count). The van der Waals surface area contributed by atoms with Crippen LogP contribution in [-0.2, 0) is 0 Å². The normalized spacial score (nSPS) is 16.7. The summed E-state index contributed by atoms with van der Waals surface area (Å²) in [5.74, 6) is 0.356. The Hall–Kier alpha value is -1.03. The molecule has 1 saturated heterocycles. The van der Waals surface area contributed by atoms with Gasteiger partial charge in [0.05, 0.1) is 0 Å². The molecular weight excluding hydrogens is 261 g/mol. The highest BCUT2D eigenvalue weighted by Crippen LogP contribution is 2.23. The second-order valence-electron chi connectivity index (χ2n) is 5.19. The van der Waals surface area contributed by atoms with Crippen LogP contribution in [0.4, 0.5) is 4.39 Å². The minimum Gasteiger partial charge on any atom is -0.339 e. The summed E-state index contributed by atoms with van der Waals surface area (Å²) in [4.78, 5) is 14.4. The third kappa shape index (κ3) is 3.50. The van der Waals surface area contributed by atoms with Gasteiger partial charge in [-0.1, -0.05) is 19.8 Å². The van der Waals surface area contributed by atoms with E-state index in [4.69, 9.17) is 0 Å². The Bertz CT molecular complexity index is 455. The molecule has 0 aromatic heterocycles. The first-order valence-corrected chi connectivity index (χ1v) is 7.34. The molecule has 1 aromatic rings. The van der Waals surface area contributed by atoms with Crippen molar-refractivity contribution in [1.29, 1.82) is 0 Å². The van der Waals surface area contributed by atoms with Crippen LogP contribution in [0.5, 0.6) is 0 Å². The predicted molar refractivity (Wildman–Crippen MR) is 77.2 cm³/mol. The van der Waals surface area contributed by atoms with E-state index in [1.54, 1.807) is 0 Å². The van der Waals surface area contributed by atoms with E-state index < -0.39 is 0 Å². The van der Waals surface area contributed by atoms with Crippen molar-refractivity contribution in [3.63, 3.8) is 0 Å². The molecule has 1 amide bonds. The standard InChI is InChI=1S/C15H20FNOS/c1-2-3-11-6-8-17(9-7-11)15(18)12-4-5-13(16)14(19)10-12/h4-5,10-11,19H,2-3,6-9H2,1H3. The van der Waals surface area contributed by atoms with Crippen molar-refractivity contribution in [1.82, 2.24) is 4.90 Å². The number of carbonyl (C=O) groups is 1. The summed E-state index contributed by atoms with van der Waals surface area (Å²) in [6.07, 6.45) is 4.61. The lowest BCUT2D eigenvalue weighted by Crippen LogP contribution is -2.38. The number of rotatable bonds is 3. The van der Waals surface area contributed by atoms with E-state index >= 15 is 0 Å². The molecule has 0 radical (unpaired) electrons. The maximum atomic E-state index is 13.1. The van der Waals surface area contributed by atoms with Crippen molar-refractivity contribution < 1.29 is 9.18 Å². The molecule has 0 bridgehead atoms. The molecule has 1 fully saturated rings. The van der Waals surface area contributed by atoms with Crippen LogP contribution in [0.3, 0.4) is 0 Å². The van der Waals surface area contributed by atoms with E-state index in [-0.39, 0.29) is 16.6 Å². The van der Waals surface area contributed by atoms with Crippen LogP contribution in [0.1, 0.15) is 43.0 Å². The molecule has 1 heterocycles. The molecule has 0 atom stereocenters. The maximum absolute atomic E-state index is 13.1. The molecule has 4 heteroatoms. The van der Waals surface area contributed by atoms with E-state index in [9.17, 15) is 9.18 Å². The number of nitrogens with zero attached hydrogens (tertiary/aromatic N) is 1. The average Bonchev–Trinajstić information content (AvgIpc) is 2.42. The summed E-state index contributed by atoms with van der Waals surface area (Å²) >= 11 is 4.02. The van der Waals surface area contributed by atoms with Gasteiger partial charge in [-0.3, -0.25) is 4.79 Å². The third-order valence-electron chi connectivity index (χ3n) is 3.79. The summed E-state index contributed by atoms with van der Waals surface area (Å²) in [6.45, 7) is 3.82. The monoisotopic (exact) mass is 281 g/mol. The van der Waals surface area contributed by atoms with E-state index in [0.717, 1.165) is 31.8 Å². The molecule has 0 N–H and O–H groups in total. The van der Waals surface area contributed by atoms with Crippen LogP contribution in [0.2, 0.25) is 0 Å². The number of halogens is 1. The van der Waals surface area contributed by atoms with Crippen LogP contribution in [0, 0.1) is 11.7 Å². The Labute approximate surface area is 119 Å². The third-order valence-corrected chi connectivity index (χ3v) is 4.13. The van der Waals surface area contributed by atoms with Crippen molar-refractivity contribution in [3.05, 3.63) is 29.6 Å². The van der Waals surface area contributed by atoms with Gasteiger partial charge in [-0.2, -0.15) is 0 Å². The predicted octanol–water partition coefficient (Wildman–Crippen LogP) is 3.77. The fraction of sp³-hybridized carbons (Fsp3) is 0.533. The van der Waals surface area contributed by atoms with Crippen LogP contribution in [0.25, 0.3) is 0 Å². The first kappa shape index (κ1) is 14.4. The van der Waals surface area contributed by atoms with E-state index in [2.05, 4.69) is 19.6 Å². The number of piperidine rings is 1. The van der Waals surface area contributed by atoms with Crippen molar-refractivity contribution in [2.24, 2.45) is 5.92 Å². The lowest BCUT2D eigenvalue weighted by molar-refractivity contribution is 0.0686. The van der Waals surface area contributed by atoms with Crippen LogP contribution in [0.15, 0.2) is 23.1 Å². The summed E-state index contributed by atoms with van der Waals surface area (Å²) < 4.78 is 13.1. The van der Waals surface area contributed by atoms with E-state index in [1.807, 2.05) is 4.90 Å². The lowest BCUT2D eigenvalue weighted by atomic mass is 9.92. The lowest BCUT2D eigenvalue weighted by Gasteiger charge is -2.32. The number of benzene rings is 1. The van der Waals surface area contributed by atoms with Crippen LogP contribution >= 0.6 is 12.6 Å². The highest BCUT2D eigenvalue weighted by molar-refractivity contribution is 7.80. The minimum absolute atomic E-state index is 0.00903. The minimum atomic E-state index is -0.387. The van der Waals surface area contributed by atoms with E-state index in [1.165, 1.54) is 31.0 Å². The first-order chi connectivity index (χ1) is 9.11. The number of carbonyl (C=O) groups excluding carboxylic acids is 1. The Morgan fingerprint density at radius 2 is 2.11 bits per heavy atom. The first-order valence-electron chi connectivity index (χ1n) is 6.89. The SMILES string of the molecule is CCCC1CCN(C(=O)c2ccc(F)c(S)c2)CC1. The zero-order valence-electron chi connectivity index (χ0n) is 11.2. The fourth-order valence-electron chi connectivity index (χ4n) is 2.66. The fourth-order valence-corrected chi connectivity index (χ4v) is 2.87. The number of hydrogen-bond acceptors (Lipinski definition) is 2. The summed E-state index contributed by atoms with van der Waals surface area (Å²) in [6, 6.07) is 4.35. The second-order valence-corrected chi connectivity index (χ2v) is 5.67. The molecule has 0 saturated carbocycles. The average molecular weight is 281 g/mol. The quantitative estimate of drug-likeness (QED) is 0.836. The molecule has 0 aliphatic carbocycles. The topological polar surface area (TPSA) is 20.3 Å². The molecule has 1 aliphatic heterocycles. The Kier molecular flexibility index (Phi) is 4.86. The molecule has 1 aromatic carbocycles. The van der Waals surface area contributed by atoms with Gasteiger partial charge in [0.1, 0.15) is 5.82 Å². The Morgan fingerprint density at radius 1 is 1.42 bits per heavy atom. The van der Waals surface area contributed by atoms with E-state index in [0.29, 0.717) is 5.56 Å². The van der Waals surface area contributed by atoms with Gasteiger partial charge >= 0.3 is 0 Å². The van der Waals surface area contributed by atoms with Crippen LogP contribution in [-0.4, -0.2) is 23.9 Å². The second kappa shape index (κ2) is 6.42. The summed E-state index contributed by atoms with van der Waals surface area (Å²) in [7, 11) is 0. The summed E-state index contributed by atoms with van der Waals surface area (Å²) in [5, 5.41) is 0. The number of hydrogen-bond donors (Lipinski definition) is 1. The highest BCUT2D eigenvalue weighted by Gasteiger charge is 2.23. The Morgan fingerprint density at radius 3 is 2.68 bits per heavy atom. The smallest absolute Gasteiger partial charge is 0.253 e. The molecule has 0 spiro atoms. The number of thiol groups is 1. The molecule has 19 heavy (non-hydrogen) atoms. The van der Waals surface area contributed by atoms with Gasteiger partial charge in [-0.25, -0.2) is 4.39 Å². The Balaban J connectivity index is 1.99. The van der Waals surface area contributed by atoms with Crippen molar-refractivity contribution in [3.8, 4) is 0 Å². The number of amides is 1. The van der Waals surface area contributed by atoms with Gasteiger partial charge in [0.15, 0.2) is 0 Å². The van der Waals surface area contributed by atoms with Gasteiger partial charge in [-0.05, 0) is 37.0 Å². The highest BCUT2D eigenvalue weighted by atomic mass is 32.1. The zero-order chi connectivity index (χ0) is 13.8. The van der Waals surface area contributed by atoms with Gasteiger partial charge in [0, 0.05) is 23.5 Å². The molecule has 0 unspecified atom stereocenters. The van der Waals surface area contributed by atoms with Crippen molar-refractivity contribution in [2.45, 2.75) is 37.5 Å². The van der Waals surface area contributed by atoms with Crippen LogP contribution < -0.4 is 0 Å². The molecular formula is C15H20FNOS. The largest absolute Gasteiger partial charge is 0.339 e. The molecule has 2 nitrogen and oxygen atoms in total. The summed E-state index contributed by atoms with van der Waals surface area (Å²) in [5.41, 5.74) is 0.528. The molecule has 104 valence electrons. The number of likely N-dealkylation sites (tertiary alicyclic amines) is 1. The molecule has 1 aliphatic rings. The van der Waals surface area contributed by atoms with Gasteiger partial charge in [-0.15, -0.1) is 12.6 Å². The maximum Gasteiger partial charge on any atom is 0.253 e. The zero-order valence-corrected chi connectivity index (χ0v) is 12.1. The van der Waals surface area contributed by atoms with Crippen molar-refractivity contribution >= 4 is 18.5 Å². The van der Waals surface area contributed by atoms with Gasteiger partial charge < -0.3 is 4.90 Å². The van der Waals surface area contributed by atoms with Gasteiger partial charge in [0.25, 0.3) is 5.91 Å².